The van der Waals surface area contributed by atoms with Crippen molar-refractivity contribution < 1.29 is 13.5 Å². The molecule has 0 aliphatic rings. The number of nitrogens with zero attached hydrogens (tertiary/aromatic N) is 3. The van der Waals surface area contributed by atoms with Crippen LogP contribution in [0.25, 0.3) is 0 Å². The zero-order valence-corrected chi connectivity index (χ0v) is 12.7. The van der Waals surface area contributed by atoms with Gasteiger partial charge in [-0.25, -0.2) is 4.68 Å². The zero-order valence-electron chi connectivity index (χ0n) is 9.50. The molecule has 2 aromatic rings. The van der Waals surface area contributed by atoms with Crippen molar-refractivity contribution in [3.05, 3.63) is 27.8 Å². The third-order valence-corrected chi connectivity index (χ3v) is 4.68. The summed E-state index contributed by atoms with van der Waals surface area (Å²) in [5.41, 5.74) is -0.0272. The Hall–Kier alpha value is -1.32. The lowest BCUT2D eigenvalue weighted by Gasteiger charge is -2.09. The van der Waals surface area contributed by atoms with Crippen molar-refractivity contribution in [2.75, 3.05) is 4.72 Å². The van der Waals surface area contributed by atoms with Crippen LogP contribution < -0.4 is 4.72 Å². The van der Waals surface area contributed by atoms with Gasteiger partial charge in [-0.15, -0.1) is 5.10 Å². The predicted octanol–water partition coefficient (Wildman–Crippen LogP) is 1.74. The number of aromatic nitrogens is 3. The first-order valence-corrected chi connectivity index (χ1v) is 7.53. The van der Waals surface area contributed by atoms with Gasteiger partial charge >= 0.3 is 0 Å². The summed E-state index contributed by atoms with van der Waals surface area (Å²) in [6, 6.07) is 4.03. The number of anilines is 1. The molecule has 1 heterocycles. The van der Waals surface area contributed by atoms with E-state index in [1.54, 1.807) is 0 Å². The van der Waals surface area contributed by atoms with Crippen LogP contribution in [0.2, 0.25) is 5.02 Å². The summed E-state index contributed by atoms with van der Waals surface area (Å²) < 4.78 is 27.7. The van der Waals surface area contributed by atoms with Crippen LogP contribution in [0, 0.1) is 0 Å². The van der Waals surface area contributed by atoms with Crippen molar-refractivity contribution in [1.29, 1.82) is 0 Å². The molecule has 0 saturated heterocycles. The van der Waals surface area contributed by atoms with E-state index < -0.39 is 10.0 Å². The predicted molar refractivity (Wildman–Crippen MR) is 72.6 cm³/mol. The van der Waals surface area contributed by atoms with E-state index in [2.05, 4.69) is 31.0 Å². The van der Waals surface area contributed by atoms with E-state index in [-0.39, 0.29) is 26.1 Å². The summed E-state index contributed by atoms with van der Waals surface area (Å²) in [6.45, 7) is 0. The maximum atomic E-state index is 12.2. The number of phenolic OH excluding ortho intramolecular Hbond substituents is 1. The normalized spacial score (nSPS) is 11.5. The number of sulfonamides is 1. The molecule has 0 bridgehead atoms. The van der Waals surface area contributed by atoms with Gasteiger partial charge in [-0.2, -0.15) is 8.42 Å². The summed E-state index contributed by atoms with van der Waals surface area (Å²) in [6.07, 6.45) is 0. The molecule has 1 aromatic heterocycles. The zero-order chi connectivity index (χ0) is 14.2. The Bertz CT molecular complexity index is 712. The fraction of sp³-hybridized carbons (Fsp3) is 0.111. The third-order valence-electron chi connectivity index (χ3n) is 2.19. The number of halogens is 2. The first-order chi connectivity index (χ1) is 8.81. The molecule has 1 aromatic carbocycles. The van der Waals surface area contributed by atoms with Gasteiger partial charge in [-0.3, -0.25) is 4.72 Å². The Morgan fingerprint density at radius 3 is 2.74 bits per heavy atom. The van der Waals surface area contributed by atoms with E-state index in [4.69, 9.17) is 11.6 Å². The molecule has 0 fully saturated rings. The van der Waals surface area contributed by atoms with Crippen LogP contribution in [0.4, 0.5) is 5.69 Å². The summed E-state index contributed by atoms with van der Waals surface area (Å²) in [5, 5.41) is 16.9. The van der Waals surface area contributed by atoms with Crippen LogP contribution in [-0.2, 0) is 17.1 Å². The number of benzene rings is 1. The highest BCUT2D eigenvalue weighted by Crippen LogP contribution is 2.29. The van der Waals surface area contributed by atoms with E-state index >= 15 is 0 Å². The van der Waals surface area contributed by atoms with Crippen LogP contribution in [0.5, 0.6) is 5.75 Å². The van der Waals surface area contributed by atoms with Crippen molar-refractivity contribution in [1.82, 2.24) is 15.0 Å². The number of hydrogen-bond acceptors (Lipinski definition) is 5. The molecule has 7 nitrogen and oxygen atoms in total. The van der Waals surface area contributed by atoms with Gasteiger partial charge in [0.25, 0.3) is 10.0 Å². The molecule has 0 spiro atoms. The summed E-state index contributed by atoms with van der Waals surface area (Å²) in [5.74, 6) is -0.237. The van der Waals surface area contributed by atoms with Crippen LogP contribution in [0.1, 0.15) is 0 Å². The molecule has 0 aliphatic heterocycles. The van der Waals surface area contributed by atoms with Gasteiger partial charge < -0.3 is 5.11 Å². The number of rotatable bonds is 3. The second-order valence-electron chi connectivity index (χ2n) is 3.58. The molecule has 0 aliphatic carbocycles. The molecule has 0 atom stereocenters. The third kappa shape index (κ3) is 2.82. The Morgan fingerprint density at radius 2 is 2.16 bits per heavy atom. The van der Waals surface area contributed by atoms with E-state index in [0.717, 1.165) is 4.68 Å². The fourth-order valence-corrected chi connectivity index (χ4v) is 3.73. The second kappa shape index (κ2) is 4.99. The first-order valence-electron chi connectivity index (χ1n) is 4.88. The SMILES string of the molecule is Cn1nnc(Br)c1S(=O)(=O)Nc1cc(Cl)ccc1O. The van der Waals surface area contributed by atoms with Crippen LogP contribution >= 0.6 is 27.5 Å². The highest BCUT2D eigenvalue weighted by Gasteiger charge is 2.24. The lowest BCUT2D eigenvalue weighted by Crippen LogP contribution is -2.17. The Morgan fingerprint density at radius 1 is 1.47 bits per heavy atom. The highest BCUT2D eigenvalue weighted by atomic mass is 79.9. The minimum atomic E-state index is -3.95. The van der Waals surface area contributed by atoms with Crippen molar-refractivity contribution in [2.45, 2.75) is 5.03 Å². The van der Waals surface area contributed by atoms with Gasteiger partial charge in [-0.05, 0) is 34.1 Å². The summed E-state index contributed by atoms with van der Waals surface area (Å²) in [7, 11) is -2.51. The lowest BCUT2D eigenvalue weighted by atomic mass is 10.3. The molecule has 0 radical (unpaired) electrons. The van der Waals surface area contributed by atoms with E-state index in [0.29, 0.717) is 0 Å². The van der Waals surface area contributed by atoms with E-state index in [9.17, 15) is 13.5 Å². The second-order valence-corrected chi connectivity index (χ2v) is 6.36. The molecular weight excluding hydrogens is 360 g/mol. The van der Waals surface area contributed by atoms with Gasteiger partial charge in [0.2, 0.25) is 5.03 Å². The molecule has 102 valence electrons. The minimum Gasteiger partial charge on any atom is -0.506 e. The molecule has 19 heavy (non-hydrogen) atoms. The standard InChI is InChI=1S/C9H8BrClN4O3S/c1-15-9(8(10)12-14-15)19(17,18)13-6-4-5(11)2-3-7(6)16/h2-4,13,16H,1H3. The monoisotopic (exact) mass is 366 g/mol. The fourth-order valence-electron chi connectivity index (χ4n) is 1.39. The van der Waals surface area contributed by atoms with Gasteiger partial charge in [-0.1, -0.05) is 16.8 Å². The number of hydrogen-bond donors (Lipinski definition) is 2. The average molecular weight is 368 g/mol. The van der Waals surface area contributed by atoms with E-state index in [1.165, 1.54) is 25.2 Å². The van der Waals surface area contributed by atoms with Gasteiger partial charge in [0.1, 0.15) is 5.75 Å². The number of phenols is 1. The lowest BCUT2D eigenvalue weighted by molar-refractivity contribution is 0.477. The van der Waals surface area contributed by atoms with Gasteiger partial charge in [0, 0.05) is 12.1 Å². The largest absolute Gasteiger partial charge is 0.506 e. The quantitative estimate of drug-likeness (QED) is 0.805. The topological polar surface area (TPSA) is 97.1 Å². The number of aromatic hydroxyl groups is 1. The molecule has 2 N–H and O–H groups in total. The number of aryl methyl sites for hydroxylation is 1. The Balaban J connectivity index is 2.45. The molecule has 0 amide bonds. The number of nitrogens with one attached hydrogen (secondary N) is 1. The average Bonchev–Trinajstić information content (AvgIpc) is 2.64. The summed E-state index contributed by atoms with van der Waals surface area (Å²) in [4.78, 5) is 0. The Labute approximate surface area is 122 Å². The molecular formula is C9H8BrClN4O3S. The van der Waals surface area contributed by atoms with Gasteiger partial charge in [0.05, 0.1) is 5.69 Å². The smallest absolute Gasteiger partial charge is 0.282 e. The van der Waals surface area contributed by atoms with Crippen molar-refractivity contribution >= 4 is 43.2 Å². The van der Waals surface area contributed by atoms with Crippen LogP contribution in [0.3, 0.4) is 0 Å². The molecule has 0 unspecified atom stereocenters. The van der Waals surface area contributed by atoms with Crippen molar-refractivity contribution in [3.63, 3.8) is 0 Å². The van der Waals surface area contributed by atoms with Crippen LogP contribution in [-0.4, -0.2) is 28.5 Å². The Kier molecular flexibility index (Phi) is 3.70. The maximum Gasteiger partial charge on any atom is 0.282 e. The van der Waals surface area contributed by atoms with E-state index in [1.807, 2.05) is 0 Å². The first kappa shape index (κ1) is 14.1. The molecule has 2 rings (SSSR count). The summed E-state index contributed by atoms with van der Waals surface area (Å²) >= 11 is 8.75. The van der Waals surface area contributed by atoms with Gasteiger partial charge in [0.15, 0.2) is 4.60 Å². The van der Waals surface area contributed by atoms with Crippen LogP contribution in [0.15, 0.2) is 27.8 Å². The molecule has 0 saturated carbocycles. The minimum absolute atomic E-state index is 0.0272. The highest BCUT2D eigenvalue weighted by molar-refractivity contribution is 9.10. The molecule has 10 heteroatoms. The van der Waals surface area contributed by atoms with Crippen molar-refractivity contribution in [3.8, 4) is 5.75 Å². The maximum absolute atomic E-state index is 12.2. The van der Waals surface area contributed by atoms with Crippen molar-refractivity contribution in [2.24, 2.45) is 7.05 Å².